The second kappa shape index (κ2) is 7.39. The number of anilines is 3. The molecule has 0 saturated carbocycles. The van der Waals surface area contributed by atoms with E-state index < -0.39 is 4.92 Å². The van der Waals surface area contributed by atoms with Gasteiger partial charge in [0.1, 0.15) is 12.1 Å². The SMILES string of the molecule is CCC(C)Nc1ncnc(Nc2ccccc2OC)c1[N+](=O)[O-]. The summed E-state index contributed by atoms with van der Waals surface area (Å²) in [4.78, 5) is 19.0. The lowest BCUT2D eigenvalue weighted by Gasteiger charge is -2.14. The fourth-order valence-electron chi connectivity index (χ4n) is 1.96. The van der Waals surface area contributed by atoms with Gasteiger partial charge >= 0.3 is 5.69 Å². The summed E-state index contributed by atoms with van der Waals surface area (Å²) in [7, 11) is 1.53. The Labute approximate surface area is 134 Å². The predicted octanol–water partition coefficient (Wildman–Crippen LogP) is 3.35. The van der Waals surface area contributed by atoms with Crippen molar-refractivity contribution in [3.05, 3.63) is 40.7 Å². The van der Waals surface area contributed by atoms with Crippen molar-refractivity contribution in [1.82, 2.24) is 9.97 Å². The van der Waals surface area contributed by atoms with Crippen LogP contribution in [0.2, 0.25) is 0 Å². The van der Waals surface area contributed by atoms with Gasteiger partial charge in [0.2, 0.25) is 11.6 Å². The smallest absolute Gasteiger partial charge is 0.353 e. The molecule has 1 atom stereocenters. The zero-order valence-corrected chi connectivity index (χ0v) is 13.2. The summed E-state index contributed by atoms with van der Waals surface area (Å²) in [6.07, 6.45) is 2.10. The average Bonchev–Trinajstić information content (AvgIpc) is 2.55. The number of nitrogens with one attached hydrogen (secondary N) is 2. The van der Waals surface area contributed by atoms with Crippen LogP contribution >= 0.6 is 0 Å². The molecule has 0 aliphatic rings. The number of nitrogens with zero attached hydrogens (tertiary/aromatic N) is 3. The lowest BCUT2D eigenvalue weighted by Crippen LogP contribution is -2.16. The van der Waals surface area contributed by atoms with Gasteiger partial charge < -0.3 is 15.4 Å². The number of hydrogen-bond donors (Lipinski definition) is 2. The van der Waals surface area contributed by atoms with Crippen molar-refractivity contribution in [3.63, 3.8) is 0 Å². The fourth-order valence-corrected chi connectivity index (χ4v) is 1.96. The molecule has 0 fully saturated rings. The van der Waals surface area contributed by atoms with E-state index in [4.69, 9.17) is 4.74 Å². The third-order valence-electron chi connectivity index (χ3n) is 3.36. The summed E-state index contributed by atoms with van der Waals surface area (Å²) in [5, 5.41) is 17.5. The molecule has 8 nitrogen and oxygen atoms in total. The van der Waals surface area contributed by atoms with Crippen molar-refractivity contribution in [3.8, 4) is 5.75 Å². The van der Waals surface area contributed by atoms with E-state index in [1.807, 2.05) is 19.9 Å². The molecule has 2 aromatic rings. The van der Waals surface area contributed by atoms with E-state index in [-0.39, 0.29) is 23.4 Å². The molecule has 2 N–H and O–H groups in total. The van der Waals surface area contributed by atoms with Gasteiger partial charge in [-0.05, 0) is 25.5 Å². The van der Waals surface area contributed by atoms with Crippen molar-refractivity contribution in [1.29, 1.82) is 0 Å². The number of nitro groups is 1. The van der Waals surface area contributed by atoms with Gasteiger partial charge in [-0.1, -0.05) is 19.1 Å². The summed E-state index contributed by atoms with van der Waals surface area (Å²) in [5.74, 6) is 0.869. The van der Waals surface area contributed by atoms with Crippen LogP contribution in [-0.4, -0.2) is 28.0 Å². The highest BCUT2D eigenvalue weighted by atomic mass is 16.6. The molecule has 0 aliphatic carbocycles. The molecule has 0 bridgehead atoms. The largest absolute Gasteiger partial charge is 0.495 e. The monoisotopic (exact) mass is 317 g/mol. The third-order valence-corrected chi connectivity index (χ3v) is 3.36. The highest BCUT2D eigenvalue weighted by molar-refractivity contribution is 5.75. The molecule has 1 aromatic heterocycles. The second-order valence-corrected chi connectivity index (χ2v) is 4.96. The zero-order chi connectivity index (χ0) is 16.8. The van der Waals surface area contributed by atoms with E-state index >= 15 is 0 Å². The molecule has 0 spiro atoms. The molecule has 1 heterocycles. The summed E-state index contributed by atoms with van der Waals surface area (Å²) < 4.78 is 5.24. The Hall–Kier alpha value is -2.90. The van der Waals surface area contributed by atoms with Crippen LogP contribution in [0.1, 0.15) is 20.3 Å². The summed E-state index contributed by atoms with van der Waals surface area (Å²) in [6, 6.07) is 7.19. The molecular formula is C15H19N5O3. The first-order chi connectivity index (χ1) is 11.1. The first kappa shape index (κ1) is 16.5. The lowest BCUT2D eigenvalue weighted by molar-refractivity contribution is -0.383. The van der Waals surface area contributed by atoms with Crippen molar-refractivity contribution < 1.29 is 9.66 Å². The first-order valence-electron chi connectivity index (χ1n) is 7.22. The minimum Gasteiger partial charge on any atom is -0.495 e. The Morgan fingerprint density at radius 1 is 1.30 bits per heavy atom. The summed E-state index contributed by atoms with van der Waals surface area (Å²) in [6.45, 7) is 3.91. The molecule has 0 saturated heterocycles. The van der Waals surface area contributed by atoms with Gasteiger partial charge in [-0.2, -0.15) is 0 Å². The van der Waals surface area contributed by atoms with Crippen LogP contribution in [-0.2, 0) is 0 Å². The van der Waals surface area contributed by atoms with Crippen molar-refractivity contribution >= 4 is 23.0 Å². The number of para-hydroxylation sites is 2. The molecule has 1 aromatic carbocycles. The molecule has 2 rings (SSSR count). The van der Waals surface area contributed by atoms with Crippen LogP contribution in [0.4, 0.5) is 23.0 Å². The van der Waals surface area contributed by atoms with Crippen LogP contribution in [0, 0.1) is 10.1 Å². The van der Waals surface area contributed by atoms with E-state index in [1.165, 1.54) is 13.4 Å². The maximum atomic E-state index is 11.5. The zero-order valence-electron chi connectivity index (χ0n) is 13.2. The quantitative estimate of drug-likeness (QED) is 0.596. The molecule has 23 heavy (non-hydrogen) atoms. The number of ether oxygens (including phenoxy) is 1. The van der Waals surface area contributed by atoms with Crippen LogP contribution in [0.25, 0.3) is 0 Å². The Bertz CT molecular complexity index is 693. The minimum absolute atomic E-state index is 0.0581. The normalized spacial score (nSPS) is 11.6. The number of aromatic nitrogens is 2. The standard InChI is InChI=1S/C15H19N5O3/c1-4-10(2)18-14-13(20(21)22)15(17-9-16-14)19-11-7-5-6-8-12(11)23-3/h5-10H,4H2,1-3H3,(H2,16,17,18,19). The van der Waals surface area contributed by atoms with Gasteiger partial charge in [0.05, 0.1) is 17.7 Å². The molecule has 0 amide bonds. The van der Waals surface area contributed by atoms with E-state index in [9.17, 15) is 10.1 Å². The van der Waals surface area contributed by atoms with Gasteiger partial charge in [0.25, 0.3) is 0 Å². The highest BCUT2D eigenvalue weighted by Crippen LogP contribution is 2.34. The van der Waals surface area contributed by atoms with E-state index in [0.29, 0.717) is 11.4 Å². The number of hydrogen-bond acceptors (Lipinski definition) is 7. The molecule has 0 aliphatic heterocycles. The van der Waals surface area contributed by atoms with Crippen LogP contribution in [0.15, 0.2) is 30.6 Å². The maximum Gasteiger partial charge on any atom is 0.353 e. The summed E-state index contributed by atoms with van der Waals surface area (Å²) >= 11 is 0. The van der Waals surface area contributed by atoms with Gasteiger partial charge in [-0.15, -0.1) is 0 Å². The van der Waals surface area contributed by atoms with Crippen molar-refractivity contribution in [2.75, 3.05) is 17.7 Å². The van der Waals surface area contributed by atoms with Crippen LogP contribution in [0.5, 0.6) is 5.75 Å². The molecule has 0 radical (unpaired) electrons. The van der Waals surface area contributed by atoms with Gasteiger partial charge in [-0.3, -0.25) is 10.1 Å². The number of methoxy groups -OCH3 is 1. The fraction of sp³-hybridized carbons (Fsp3) is 0.333. The predicted molar refractivity (Wildman–Crippen MR) is 88.3 cm³/mol. The molecule has 8 heteroatoms. The van der Waals surface area contributed by atoms with Crippen molar-refractivity contribution in [2.24, 2.45) is 0 Å². The Balaban J connectivity index is 2.42. The Morgan fingerprint density at radius 2 is 2.00 bits per heavy atom. The third kappa shape index (κ3) is 3.85. The van der Waals surface area contributed by atoms with Crippen LogP contribution in [0.3, 0.4) is 0 Å². The van der Waals surface area contributed by atoms with E-state index in [1.54, 1.807) is 18.2 Å². The number of rotatable bonds is 7. The Kier molecular flexibility index (Phi) is 5.29. The molecule has 122 valence electrons. The van der Waals surface area contributed by atoms with Gasteiger partial charge in [0.15, 0.2) is 0 Å². The van der Waals surface area contributed by atoms with Crippen molar-refractivity contribution in [2.45, 2.75) is 26.3 Å². The highest BCUT2D eigenvalue weighted by Gasteiger charge is 2.24. The second-order valence-electron chi connectivity index (χ2n) is 4.96. The molecular weight excluding hydrogens is 298 g/mol. The van der Waals surface area contributed by atoms with E-state index in [0.717, 1.165) is 6.42 Å². The molecule has 1 unspecified atom stereocenters. The van der Waals surface area contributed by atoms with Crippen LogP contribution < -0.4 is 15.4 Å². The number of benzene rings is 1. The first-order valence-corrected chi connectivity index (χ1v) is 7.22. The van der Waals surface area contributed by atoms with E-state index in [2.05, 4.69) is 20.6 Å². The minimum atomic E-state index is -0.498. The Morgan fingerprint density at radius 3 is 2.65 bits per heavy atom. The van der Waals surface area contributed by atoms with Gasteiger partial charge in [0, 0.05) is 6.04 Å². The lowest BCUT2D eigenvalue weighted by atomic mass is 10.2. The maximum absolute atomic E-state index is 11.5. The van der Waals surface area contributed by atoms with Gasteiger partial charge in [-0.25, -0.2) is 9.97 Å². The average molecular weight is 317 g/mol. The summed E-state index contributed by atoms with van der Waals surface area (Å²) in [5.41, 5.74) is 0.394. The topological polar surface area (TPSA) is 102 Å².